The Balaban J connectivity index is 1.78. The van der Waals surface area contributed by atoms with Crippen LogP contribution in [0.5, 0.6) is 0 Å². The minimum Gasteiger partial charge on any atom is -0.318 e. The minimum absolute atomic E-state index is 0.109. The number of halogens is 2. The quantitative estimate of drug-likeness (QED) is 0.373. The molecule has 162 valence electrons. The van der Waals surface area contributed by atoms with E-state index in [1.807, 2.05) is 48.7 Å². The zero-order valence-corrected chi connectivity index (χ0v) is 19.9. The van der Waals surface area contributed by atoms with Crippen LogP contribution in [0.2, 0.25) is 5.02 Å². The first-order chi connectivity index (χ1) is 15.2. The third kappa shape index (κ3) is 3.78. The van der Waals surface area contributed by atoms with Crippen molar-refractivity contribution in [3.63, 3.8) is 0 Å². The van der Waals surface area contributed by atoms with Crippen molar-refractivity contribution in [2.45, 2.75) is 20.8 Å². The highest BCUT2D eigenvalue weighted by atomic mass is 79.9. The number of anilines is 1. The van der Waals surface area contributed by atoms with Crippen LogP contribution in [0.25, 0.3) is 11.8 Å². The molecule has 1 aromatic heterocycles. The minimum atomic E-state index is -0.763. The number of imide groups is 2. The van der Waals surface area contributed by atoms with Crippen molar-refractivity contribution in [2.24, 2.45) is 0 Å². The van der Waals surface area contributed by atoms with Crippen molar-refractivity contribution >= 4 is 57.1 Å². The number of benzene rings is 2. The normalized spacial score (nSPS) is 15.5. The second kappa shape index (κ2) is 8.41. The highest BCUT2D eigenvalue weighted by molar-refractivity contribution is 9.10. The van der Waals surface area contributed by atoms with Gasteiger partial charge in [-0.05, 0) is 84.2 Å². The molecule has 0 bridgehead atoms. The van der Waals surface area contributed by atoms with Crippen LogP contribution in [-0.2, 0) is 9.59 Å². The molecule has 1 fully saturated rings. The van der Waals surface area contributed by atoms with Gasteiger partial charge in [-0.15, -0.1) is 0 Å². The van der Waals surface area contributed by atoms with Gasteiger partial charge in [0.1, 0.15) is 5.57 Å². The fourth-order valence-electron chi connectivity index (χ4n) is 3.80. The molecule has 32 heavy (non-hydrogen) atoms. The molecule has 6 nitrogen and oxygen atoms in total. The molecule has 0 aliphatic carbocycles. The van der Waals surface area contributed by atoms with Gasteiger partial charge in [-0.1, -0.05) is 29.8 Å². The lowest BCUT2D eigenvalue weighted by Gasteiger charge is -2.27. The van der Waals surface area contributed by atoms with E-state index in [0.29, 0.717) is 16.3 Å². The summed E-state index contributed by atoms with van der Waals surface area (Å²) in [5.74, 6) is -1.38. The molecule has 0 spiro atoms. The zero-order chi connectivity index (χ0) is 23.2. The predicted octanol–water partition coefficient (Wildman–Crippen LogP) is 5.48. The molecule has 1 N–H and O–H groups in total. The lowest BCUT2D eigenvalue weighted by molar-refractivity contribution is -0.122. The summed E-state index contributed by atoms with van der Waals surface area (Å²) in [5.41, 5.74) is 4.35. The molecule has 0 radical (unpaired) electrons. The van der Waals surface area contributed by atoms with Gasteiger partial charge >= 0.3 is 6.03 Å². The van der Waals surface area contributed by atoms with Crippen LogP contribution in [-0.4, -0.2) is 22.4 Å². The number of amides is 4. The van der Waals surface area contributed by atoms with E-state index < -0.39 is 17.8 Å². The number of para-hydroxylation sites is 1. The van der Waals surface area contributed by atoms with Gasteiger partial charge in [-0.2, -0.15) is 0 Å². The predicted molar refractivity (Wildman–Crippen MR) is 128 cm³/mol. The van der Waals surface area contributed by atoms with Gasteiger partial charge in [0.05, 0.1) is 10.7 Å². The first-order valence-corrected chi connectivity index (χ1v) is 11.0. The second-order valence-corrected chi connectivity index (χ2v) is 8.77. The number of hydrogen-bond acceptors (Lipinski definition) is 3. The standard InChI is InChI=1S/C24H19BrClN3O3/c1-13-6-4-5-7-21(13)29-23(31)18(22(30)27-24(29)32)11-16-10-14(2)28(15(16)3)17-8-9-19(25)20(26)12-17/h4-12H,1-3H3,(H,27,30,32)/b18-11+. The average molecular weight is 513 g/mol. The van der Waals surface area contributed by atoms with E-state index in [1.165, 1.54) is 6.08 Å². The molecule has 1 saturated heterocycles. The number of barbiturate groups is 1. The Morgan fingerprint density at radius 2 is 1.72 bits per heavy atom. The fourth-order valence-corrected chi connectivity index (χ4v) is 4.22. The van der Waals surface area contributed by atoms with E-state index in [9.17, 15) is 14.4 Å². The SMILES string of the molecule is Cc1ccccc1N1C(=O)NC(=O)/C(=C\c2cc(C)n(-c3ccc(Br)c(Cl)c3)c2C)C1=O. The number of urea groups is 1. The summed E-state index contributed by atoms with van der Waals surface area (Å²) >= 11 is 9.66. The average Bonchev–Trinajstić information content (AvgIpc) is 3.01. The maximum Gasteiger partial charge on any atom is 0.335 e. The van der Waals surface area contributed by atoms with Crippen molar-refractivity contribution in [2.75, 3.05) is 4.90 Å². The third-order valence-corrected chi connectivity index (χ3v) is 6.62. The monoisotopic (exact) mass is 511 g/mol. The van der Waals surface area contributed by atoms with Crippen LogP contribution in [0.3, 0.4) is 0 Å². The Morgan fingerprint density at radius 1 is 1.00 bits per heavy atom. The molecule has 2 heterocycles. The van der Waals surface area contributed by atoms with Gasteiger partial charge in [0.25, 0.3) is 11.8 Å². The molecule has 4 rings (SSSR count). The van der Waals surface area contributed by atoms with Crippen LogP contribution in [0.4, 0.5) is 10.5 Å². The lowest BCUT2D eigenvalue weighted by Crippen LogP contribution is -2.54. The first kappa shape index (κ1) is 22.0. The van der Waals surface area contributed by atoms with Gasteiger partial charge in [-0.3, -0.25) is 14.9 Å². The van der Waals surface area contributed by atoms with E-state index >= 15 is 0 Å². The van der Waals surface area contributed by atoms with Crippen molar-refractivity contribution in [3.8, 4) is 5.69 Å². The van der Waals surface area contributed by atoms with Gasteiger partial charge in [0, 0.05) is 21.5 Å². The number of carbonyl (C=O) groups excluding carboxylic acids is 3. The molecule has 8 heteroatoms. The highest BCUT2D eigenvalue weighted by Gasteiger charge is 2.37. The maximum absolute atomic E-state index is 13.2. The van der Waals surface area contributed by atoms with Crippen LogP contribution < -0.4 is 10.2 Å². The lowest BCUT2D eigenvalue weighted by atomic mass is 10.1. The first-order valence-electron chi connectivity index (χ1n) is 9.80. The van der Waals surface area contributed by atoms with Gasteiger partial charge < -0.3 is 4.57 Å². The summed E-state index contributed by atoms with van der Waals surface area (Å²) in [6.07, 6.45) is 1.52. The summed E-state index contributed by atoms with van der Waals surface area (Å²) in [6, 6.07) is 13.8. The molecule has 2 aromatic carbocycles. The number of nitrogens with zero attached hydrogens (tertiary/aromatic N) is 2. The summed E-state index contributed by atoms with van der Waals surface area (Å²) in [4.78, 5) is 39.2. The fraction of sp³-hybridized carbons (Fsp3) is 0.125. The summed E-state index contributed by atoms with van der Waals surface area (Å²) < 4.78 is 2.78. The van der Waals surface area contributed by atoms with Gasteiger partial charge in [0.2, 0.25) is 0 Å². The molecular formula is C24H19BrClN3O3. The van der Waals surface area contributed by atoms with E-state index in [1.54, 1.807) is 25.1 Å². The number of aromatic nitrogens is 1. The third-order valence-electron chi connectivity index (χ3n) is 5.39. The van der Waals surface area contributed by atoms with Crippen molar-refractivity contribution in [3.05, 3.63) is 86.1 Å². The zero-order valence-electron chi connectivity index (χ0n) is 17.6. The molecule has 1 aliphatic heterocycles. The van der Waals surface area contributed by atoms with E-state index in [4.69, 9.17) is 11.6 Å². The van der Waals surface area contributed by atoms with Crippen molar-refractivity contribution in [1.82, 2.24) is 9.88 Å². The molecule has 1 aliphatic rings. The topological polar surface area (TPSA) is 71.4 Å². The van der Waals surface area contributed by atoms with E-state index in [2.05, 4.69) is 21.2 Å². The Kier molecular flexibility index (Phi) is 5.79. The number of hydrogen-bond donors (Lipinski definition) is 1. The van der Waals surface area contributed by atoms with Crippen molar-refractivity contribution in [1.29, 1.82) is 0 Å². The molecule has 0 saturated carbocycles. The van der Waals surface area contributed by atoms with Crippen molar-refractivity contribution < 1.29 is 14.4 Å². The molecule has 4 amide bonds. The number of carbonyl (C=O) groups is 3. The molecule has 0 unspecified atom stereocenters. The number of aryl methyl sites for hydroxylation is 2. The number of rotatable bonds is 3. The van der Waals surface area contributed by atoms with Crippen LogP contribution >= 0.6 is 27.5 Å². The largest absolute Gasteiger partial charge is 0.335 e. The van der Waals surface area contributed by atoms with Gasteiger partial charge in [0.15, 0.2) is 0 Å². The summed E-state index contributed by atoms with van der Waals surface area (Å²) in [7, 11) is 0. The molecule has 0 atom stereocenters. The molecule has 3 aromatic rings. The van der Waals surface area contributed by atoms with Gasteiger partial charge in [-0.25, -0.2) is 9.69 Å². The summed E-state index contributed by atoms with van der Waals surface area (Å²) in [5, 5.41) is 2.84. The van der Waals surface area contributed by atoms with Crippen LogP contribution in [0.15, 0.2) is 58.6 Å². The van der Waals surface area contributed by atoms with Crippen LogP contribution in [0, 0.1) is 20.8 Å². The Bertz CT molecular complexity index is 1330. The van der Waals surface area contributed by atoms with E-state index in [-0.39, 0.29) is 5.57 Å². The summed E-state index contributed by atoms with van der Waals surface area (Å²) in [6.45, 7) is 5.62. The highest BCUT2D eigenvalue weighted by Crippen LogP contribution is 2.30. The van der Waals surface area contributed by atoms with Crippen LogP contribution in [0.1, 0.15) is 22.5 Å². The molecular weight excluding hydrogens is 494 g/mol. The van der Waals surface area contributed by atoms with E-state index in [0.717, 1.165) is 32.0 Å². The Morgan fingerprint density at radius 3 is 2.41 bits per heavy atom. The smallest absolute Gasteiger partial charge is 0.318 e. The maximum atomic E-state index is 13.2. The Labute approximate surface area is 198 Å². The number of nitrogens with one attached hydrogen (secondary N) is 1. The Hall–Kier alpha value is -3.16. The second-order valence-electron chi connectivity index (χ2n) is 7.50.